The second kappa shape index (κ2) is 22.0. The van der Waals surface area contributed by atoms with Gasteiger partial charge >= 0.3 is 18.9 Å². The third-order valence-electron chi connectivity index (χ3n) is 0. The van der Waals surface area contributed by atoms with Crippen LogP contribution in [0.25, 0.3) is 0 Å². The van der Waals surface area contributed by atoms with Gasteiger partial charge in [0.05, 0.1) is 0 Å². The molecule has 0 aliphatic carbocycles. The zero-order valence-electron chi connectivity index (χ0n) is 1.82. The van der Waals surface area contributed by atoms with Gasteiger partial charge < -0.3 is 27.0 Å². The molecule has 4 heavy (non-hydrogen) atoms. The van der Waals surface area contributed by atoms with Crippen molar-refractivity contribution < 1.29 is 18.9 Å². The van der Waals surface area contributed by atoms with Gasteiger partial charge in [-0.25, -0.2) is 0 Å². The van der Waals surface area contributed by atoms with Gasteiger partial charge in [0, 0.05) is 0 Å². The Hall–Kier alpha value is 1.73. The van der Waals surface area contributed by atoms with Crippen molar-refractivity contribution in [2.75, 3.05) is 0 Å². The van der Waals surface area contributed by atoms with E-state index in [2.05, 4.69) is 0 Å². The van der Waals surface area contributed by atoms with Crippen LogP contribution in [0, 0.1) is 0 Å². The molecule has 4 heteroatoms. The summed E-state index contributed by atoms with van der Waals surface area (Å²) in [6.45, 7) is 0. The molecule has 0 heterocycles. The minimum Gasteiger partial charge on any atom is -2.00 e. The van der Waals surface area contributed by atoms with E-state index >= 15 is 0 Å². The number of rotatable bonds is 0. The fourth-order valence-electron chi connectivity index (χ4n) is 0. The summed E-state index contributed by atoms with van der Waals surface area (Å²) in [7, 11) is 0. The molecule has 0 spiro atoms. The summed E-state index contributed by atoms with van der Waals surface area (Å²) in [5.74, 6) is 0. The van der Waals surface area contributed by atoms with Gasteiger partial charge in [-0.2, -0.15) is 0 Å². The Kier molecular flexibility index (Phi) is 236. The smallest absolute Gasteiger partial charge is 1.00 e. The van der Waals surface area contributed by atoms with Crippen LogP contribution in [-0.4, -0.2) is 0 Å². The SMILES string of the molecule is [Li+].[PH6+3].[S-2].[S-2]. The first-order valence-electron chi connectivity index (χ1n) is 0. The Labute approximate surface area is 55.8 Å². The van der Waals surface area contributed by atoms with Gasteiger partial charge in [0.1, 0.15) is 0 Å². The maximum Gasteiger partial charge on any atom is 1.00 e. The summed E-state index contributed by atoms with van der Waals surface area (Å²) in [6, 6.07) is 0. The molecule has 0 unspecified atom stereocenters. The first-order valence-corrected chi connectivity index (χ1v) is 0. The Balaban J connectivity index is 0. The van der Waals surface area contributed by atoms with E-state index in [1.807, 2.05) is 0 Å². The molecule has 0 atom stereocenters. The second-order valence-corrected chi connectivity index (χ2v) is 0. The topological polar surface area (TPSA) is 0 Å². The van der Waals surface area contributed by atoms with Crippen molar-refractivity contribution in [2.24, 2.45) is 0 Å². The first kappa shape index (κ1) is 42.9. The van der Waals surface area contributed by atoms with Crippen LogP contribution < -0.4 is 18.9 Å². The molecule has 0 saturated carbocycles. The largest absolute Gasteiger partial charge is 2.00 e. The summed E-state index contributed by atoms with van der Waals surface area (Å²) >= 11 is 0. The molecule has 0 N–H and O–H groups in total. The normalized spacial score (nSPS) is 0. The maximum absolute atomic E-state index is 0. The second-order valence-electron chi connectivity index (χ2n) is 0. The van der Waals surface area contributed by atoms with Gasteiger partial charge in [-0.3, -0.25) is 9.90 Å². The molecular formula is H6LiPS2. The van der Waals surface area contributed by atoms with Gasteiger partial charge in [-0.1, -0.05) is 0 Å². The monoisotopic (exact) mass is 108 g/mol. The van der Waals surface area contributed by atoms with Crippen LogP contribution in [0.4, 0.5) is 0 Å². The molecule has 0 aromatic rings. The van der Waals surface area contributed by atoms with Crippen LogP contribution in [0.5, 0.6) is 0 Å². The predicted octanol–water partition coefficient (Wildman–Crippen LogP) is -3.75. The van der Waals surface area contributed by atoms with Gasteiger partial charge in [-0.15, -0.1) is 0 Å². The van der Waals surface area contributed by atoms with Crippen LogP contribution in [0.2, 0.25) is 0 Å². The molecular weight excluding hydrogens is 102 g/mol. The summed E-state index contributed by atoms with van der Waals surface area (Å²) < 4.78 is 0. The van der Waals surface area contributed by atoms with E-state index in [1.54, 1.807) is 0 Å². The third-order valence-corrected chi connectivity index (χ3v) is 0. The number of hydrogen-bond acceptors (Lipinski definition) is 0. The maximum atomic E-state index is 0. The first-order chi connectivity index (χ1) is 0. The number of hydrogen-bond donors (Lipinski definition) is 0. The fraction of sp³-hybridized carbons (Fsp3) is 0. The van der Waals surface area contributed by atoms with Crippen molar-refractivity contribution in [3.63, 3.8) is 0 Å². The van der Waals surface area contributed by atoms with Gasteiger partial charge in [0.15, 0.2) is 0 Å². The Morgan fingerprint density at radius 1 is 0.750 bits per heavy atom. The summed E-state index contributed by atoms with van der Waals surface area (Å²) in [5.41, 5.74) is 0. The van der Waals surface area contributed by atoms with Gasteiger partial charge in [0.2, 0.25) is 0 Å². The van der Waals surface area contributed by atoms with E-state index in [4.69, 9.17) is 0 Å². The molecule has 0 fully saturated rings. The summed E-state index contributed by atoms with van der Waals surface area (Å²) in [5, 5.41) is 0. The van der Waals surface area contributed by atoms with Crippen LogP contribution >= 0.6 is 9.90 Å². The fourth-order valence-corrected chi connectivity index (χ4v) is 0. The van der Waals surface area contributed by atoms with Crippen molar-refractivity contribution in [3.8, 4) is 0 Å². The van der Waals surface area contributed by atoms with E-state index in [9.17, 15) is 0 Å². The van der Waals surface area contributed by atoms with E-state index < -0.39 is 0 Å². The Bertz CT molecular complexity index is 6.00. The Morgan fingerprint density at radius 2 is 0.750 bits per heavy atom. The molecule has 0 aliphatic rings. The van der Waals surface area contributed by atoms with Gasteiger partial charge in [-0.05, 0) is 0 Å². The standard InChI is InChI=1S/Li.H6P.2S/h;1H6;;/q+1;+3;2*-2. The molecule has 0 amide bonds. The minimum atomic E-state index is 0. The average Bonchev–Trinajstić information content (AvgIpc) is 0. The molecule has 0 rings (SSSR count). The van der Waals surface area contributed by atoms with Crippen molar-refractivity contribution in [2.45, 2.75) is 0 Å². The molecule has 0 saturated heterocycles. The van der Waals surface area contributed by atoms with Crippen LogP contribution in [-0.2, 0) is 27.0 Å². The van der Waals surface area contributed by atoms with E-state index in [1.165, 1.54) is 0 Å². The van der Waals surface area contributed by atoms with Gasteiger partial charge in [0.25, 0.3) is 0 Å². The average molecular weight is 108 g/mol. The molecule has 0 radical (unpaired) electrons. The van der Waals surface area contributed by atoms with Crippen molar-refractivity contribution in [3.05, 3.63) is 0 Å². The Morgan fingerprint density at radius 3 is 0.750 bits per heavy atom. The molecule has 0 aliphatic heterocycles. The molecule has 0 aromatic heterocycles. The molecule has 0 bridgehead atoms. The predicted molar refractivity (Wildman–Crippen MR) is 30.0 cm³/mol. The molecule has 0 nitrogen and oxygen atoms in total. The molecule has 0 aromatic carbocycles. The zero-order valence-corrected chi connectivity index (χ0v) is 3.45. The van der Waals surface area contributed by atoms with E-state index in [0.717, 1.165) is 0 Å². The third kappa shape index (κ3) is 9.29. The zero-order chi connectivity index (χ0) is 0. The molecule has 24 valence electrons. The van der Waals surface area contributed by atoms with Crippen LogP contribution in [0.1, 0.15) is 0 Å². The van der Waals surface area contributed by atoms with Crippen LogP contribution in [0.3, 0.4) is 0 Å². The van der Waals surface area contributed by atoms with E-state index in [0.29, 0.717) is 0 Å². The summed E-state index contributed by atoms with van der Waals surface area (Å²) in [6.07, 6.45) is 0. The van der Waals surface area contributed by atoms with Crippen molar-refractivity contribution in [1.29, 1.82) is 0 Å². The minimum absolute atomic E-state index is 0. The summed E-state index contributed by atoms with van der Waals surface area (Å²) in [4.78, 5) is 0. The van der Waals surface area contributed by atoms with Crippen molar-refractivity contribution >= 4 is 36.9 Å². The van der Waals surface area contributed by atoms with E-state index in [-0.39, 0.29) is 55.8 Å². The van der Waals surface area contributed by atoms with Crippen molar-refractivity contribution in [1.82, 2.24) is 0 Å². The van der Waals surface area contributed by atoms with Crippen LogP contribution in [0.15, 0.2) is 0 Å². The quantitative estimate of drug-likeness (QED) is 0.221.